The molecular formula is C16H14FN3O. The third kappa shape index (κ3) is 4.05. The van der Waals surface area contributed by atoms with Gasteiger partial charge in [-0.2, -0.15) is 5.26 Å². The first-order valence-corrected chi connectivity index (χ1v) is 6.38. The van der Waals surface area contributed by atoms with Crippen LogP contribution in [0, 0.1) is 17.1 Å². The average Bonchev–Trinajstić information content (AvgIpc) is 2.47. The third-order valence-electron chi connectivity index (χ3n) is 2.83. The highest BCUT2D eigenvalue weighted by Crippen LogP contribution is 2.20. The van der Waals surface area contributed by atoms with Crippen molar-refractivity contribution in [2.45, 2.75) is 13.5 Å². The second kappa shape index (κ2) is 6.53. The number of hydrogen-bond donors (Lipinski definition) is 2. The topological polar surface area (TPSA) is 64.9 Å². The van der Waals surface area contributed by atoms with Crippen molar-refractivity contribution in [2.24, 2.45) is 0 Å². The maximum absolute atomic E-state index is 13.7. The molecular weight excluding hydrogens is 269 g/mol. The van der Waals surface area contributed by atoms with Crippen molar-refractivity contribution in [3.8, 4) is 6.07 Å². The van der Waals surface area contributed by atoms with E-state index in [4.69, 9.17) is 5.26 Å². The number of carbonyl (C=O) groups excluding carboxylic acids is 1. The van der Waals surface area contributed by atoms with Crippen LogP contribution in [0.1, 0.15) is 18.1 Å². The van der Waals surface area contributed by atoms with Gasteiger partial charge in [-0.15, -0.1) is 0 Å². The zero-order chi connectivity index (χ0) is 15.2. The first kappa shape index (κ1) is 14.5. The molecule has 0 spiro atoms. The molecule has 21 heavy (non-hydrogen) atoms. The smallest absolute Gasteiger partial charge is 0.221 e. The van der Waals surface area contributed by atoms with Crippen molar-refractivity contribution in [1.82, 2.24) is 0 Å². The van der Waals surface area contributed by atoms with E-state index in [9.17, 15) is 9.18 Å². The molecule has 2 aromatic carbocycles. The molecule has 0 atom stereocenters. The summed E-state index contributed by atoms with van der Waals surface area (Å²) in [5.74, 6) is -0.616. The Hall–Kier alpha value is -2.87. The standard InChI is InChI=1S/C16H14FN3O/c1-11(21)20-14-5-6-15(17)16(8-14)19-10-13-4-2-3-12(7-13)9-18/h2-8,19H,10H2,1H3,(H,20,21). The maximum atomic E-state index is 13.7. The van der Waals surface area contributed by atoms with Gasteiger partial charge in [0.2, 0.25) is 5.91 Å². The van der Waals surface area contributed by atoms with E-state index in [0.29, 0.717) is 23.5 Å². The second-order valence-corrected chi connectivity index (χ2v) is 4.54. The van der Waals surface area contributed by atoms with Crippen LogP contribution >= 0.6 is 0 Å². The molecule has 0 radical (unpaired) electrons. The third-order valence-corrected chi connectivity index (χ3v) is 2.83. The first-order chi connectivity index (χ1) is 10.1. The van der Waals surface area contributed by atoms with Crippen LogP contribution in [0.3, 0.4) is 0 Å². The lowest BCUT2D eigenvalue weighted by Crippen LogP contribution is -2.07. The van der Waals surface area contributed by atoms with Gasteiger partial charge in [0.25, 0.3) is 0 Å². The van der Waals surface area contributed by atoms with E-state index in [1.54, 1.807) is 18.2 Å². The number of hydrogen-bond acceptors (Lipinski definition) is 3. The monoisotopic (exact) mass is 283 g/mol. The van der Waals surface area contributed by atoms with Crippen LogP contribution in [0.25, 0.3) is 0 Å². The lowest BCUT2D eigenvalue weighted by atomic mass is 10.1. The summed E-state index contributed by atoms with van der Waals surface area (Å²) in [7, 11) is 0. The average molecular weight is 283 g/mol. The summed E-state index contributed by atoms with van der Waals surface area (Å²) >= 11 is 0. The molecule has 0 fully saturated rings. The fourth-order valence-electron chi connectivity index (χ4n) is 1.89. The summed E-state index contributed by atoms with van der Waals surface area (Å²) in [6, 6.07) is 13.5. The van der Waals surface area contributed by atoms with E-state index in [0.717, 1.165) is 5.56 Å². The summed E-state index contributed by atoms with van der Waals surface area (Å²) in [4.78, 5) is 11.0. The molecule has 0 aliphatic heterocycles. The van der Waals surface area contributed by atoms with Crippen LogP contribution in [0.15, 0.2) is 42.5 Å². The van der Waals surface area contributed by atoms with Gasteiger partial charge in [0.05, 0.1) is 17.3 Å². The van der Waals surface area contributed by atoms with E-state index in [2.05, 4.69) is 16.7 Å². The van der Waals surface area contributed by atoms with Gasteiger partial charge in [0.15, 0.2) is 0 Å². The molecule has 0 saturated heterocycles. The normalized spacial score (nSPS) is 9.76. The summed E-state index contributed by atoms with van der Waals surface area (Å²) in [6.45, 7) is 1.78. The minimum Gasteiger partial charge on any atom is -0.379 e. The summed E-state index contributed by atoms with van der Waals surface area (Å²) in [5.41, 5.74) is 2.25. The number of halogens is 1. The molecule has 2 N–H and O–H groups in total. The highest BCUT2D eigenvalue weighted by atomic mass is 19.1. The first-order valence-electron chi connectivity index (χ1n) is 6.38. The quantitative estimate of drug-likeness (QED) is 0.905. The number of nitrogens with one attached hydrogen (secondary N) is 2. The second-order valence-electron chi connectivity index (χ2n) is 4.54. The fraction of sp³-hybridized carbons (Fsp3) is 0.125. The predicted octanol–water partition coefficient (Wildman–Crippen LogP) is 3.27. The van der Waals surface area contributed by atoms with Gasteiger partial charge in [-0.25, -0.2) is 4.39 Å². The molecule has 2 rings (SSSR count). The molecule has 0 unspecified atom stereocenters. The van der Waals surface area contributed by atoms with Gasteiger partial charge in [0.1, 0.15) is 5.82 Å². The zero-order valence-electron chi connectivity index (χ0n) is 11.5. The molecule has 0 saturated carbocycles. The van der Waals surface area contributed by atoms with E-state index < -0.39 is 5.82 Å². The summed E-state index contributed by atoms with van der Waals surface area (Å²) < 4.78 is 13.7. The Kier molecular flexibility index (Phi) is 4.52. The van der Waals surface area contributed by atoms with Crippen molar-refractivity contribution >= 4 is 17.3 Å². The van der Waals surface area contributed by atoms with Gasteiger partial charge < -0.3 is 10.6 Å². The summed E-state index contributed by atoms with van der Waals surface area (Å²) in [6.07, 6.45) is 0. The van der Waals surface area contributed by atoms with Crippen molar-refractivity contribution < 1.29 is 9.18 Å². The largest absolute Gasteiger partial charge is 0.379 e. The predicted molar refractivity (Wildman–Crippen MR) is 79.2 cm³/mol. The van der Waals surface area contributed by atoms with Crippen molar-refractivity contribution in [3.05, 3.63) is 59.4 Å². The van der Waals surface area contributed by atoms with Crippen LogP contribution in [0.2, 0.25) is 0 Å². The zero-order valence-corrected chi connectivity index (χ0v) is 11.5. The Morgan fingerprint density at radius 2 is 2.10 bits per heavy atom. The number of amides is 1. The fourth-order valence-corrected chi connectivity index (χ4v) is 1.89. The Labute approximate surface area is 122 Å². The number of rotatable bonds is 4. The van der Waals surface area contributed by atoms with Gasteiger partial charge in [0, 0.05) is 19.2 Å². The van der Waals surface area contributed by atoms with Gasteiger partial charge in [-0.1, -0.05) is 12.1 Å². The highest BCUT2D eigenvalue weighted by molar-refractivity contribution is 5.89. The summed E-state index contributed by atoms with van der Waals surface area (Å²) in [5, 5.41) is 14.4. The molecule has 0 aliphatic rings. The van der Waals surface area contributed by atoms with Gasteiger partial charge >= 0.3 is 0 Å². The van der Waals surface area contributed by atoms with E-state index in [-0.39, 0.29) is 5.91 Å². The Morgan fingerprint density at radius 3 is 2.81 bits per heavy atom. The van der Waals surface area contributed by atoms with Crippen LogP contribution in [-0.4, -0.2) is 5.91 Å². The van der Waals surface area contributed by atoms with Crippen LogP contribution in [0.5, 0.6) is 0 Å². The molecule has 0 aromatic heterocycles. The number of carbonyl (C=O) groups is 1. The molecule has 106 valence electrons. The SMILES string of the molecule is CC(=O)Nc1ccc(F)c(NCc2cccc(C#N)c2)c1. The number of benzene rings is 2. The maximum Gasteiger partial charge on any atom is 0.221 e. The molecule has 0 bridgehead atoms. The van der Waals surface area contributed by atoms with Gasteiger partial charge in [-0.3, -0.25) is 4.79 Å². The minimum atomic E-state index is -0.402. The lowest BCUT2D eigenvalue weighted by Gasteiger charge is -2.10. The number of nitrogens with zero attached hydrogens (tertiary/aromatic N) is 1. The molecule has 5 heteroatoms. The number of nitriles is 1. The van der Waals surface area contributed by atoms with Crippen LogP contribution in [0.4, 0.5) is 15.8 Å². The van der Waals surface area contributed by atoms with Crippen LogP contribution < -0.4 is 10.6 Å². The molecule has 2 aromatic rings. The Bertz CT molecular complexity index is 707. The Balaban J connectivity index is 2.11. The Morgan fingerprint density at radius 1 is 1.29 bits per heavy atom. The molecule has 4 nitrogen and oxygen atoms in total. The van der Waals surface area contributed by atoms with E-state index in [1.807, 2.05) is 6.07 Å². The lowest BCUT2D eigenvalue weighted by molar-refractivity contribution is -0.114. The molecule has 0 heterocycles. The molecule has 1 amide bonds. The number of anilines is 2. The van der Waals surface area contributed by atoms with Crippen molar-refractivity contribution in [1.29, 1.82) is 5.26 Å². The van der Waals surface area contributed by atoms with Crippen molar-refractivity contribution in [2.75, 3.05) is 10.6 Å². The van der Waals surface area contributed by atoms with Gasteiger partial charge in [-0.05, 0) is 35.9 Å². The van der Waals surface area contributed by atoms with Crippen LogP contribution in [-0.2, 0) is 11.3 Å². The van der Waals surface area contributed by atoms with E-state index >= 15 is 0 Å². The minimum absolute atomic E-state index is 0.214. The highest BCUT2D eigenvalue weighted by Gasteiger charge is 2.05. The molecule has 0 aliphatic carbocycles. The van der Waals surface area contributed by atoms with Crippen molar-refractivity contribution in [3.63, 3.8) is 0 Å². The van der Waals surface area contributed by atoms with E-state index in [1.165, 1.54) is 25.1 Å².